The summed E-state index contributed by atoms with van der Waals surface area (Å²) in [6, 6.07) is 13.1. The molecule has 1 unspecified atom stereocenters. The largest absolute Gasteiger partial charge is 0.463 e. The van der Waals surface area contributed by atoms with Gasteiger partial charge in [0.25, 0.3) is 0 Å². The van der Waals surface area contributed by atoms with Gasteiger partial charge in [-0.2, -0.15) is 0 Å². The molecule has 2 aromatic rings. The smallest absolute Gasteiger partial charge is 0.336 e. The summed E-state index contributed by atoms with van der Waals surface area (Å²) in [7, 11) is 0. The van der Waals surface area contributed by atoms with Crippen LogP contribution in [0.1, 0.15) is 42.9 Å². The summed E-state index contributed by atoms with van der Waals surface area (Å²) in [5.41, 5.74) is 3.84. The second kappa shape index (κ2) is 10.2. The molecule has 0 fully saturated rings. The minimum atomic E-state index is -0.533. The lowest BCUT2D eigenvalue weighted by atomic mass is 9.83. The Bertz CT molecular complexity index is 1180. The van der Waals surface area contributed by atoms with Gasteiger partial charge in [0.1, 0.15) is 6.54 Å². The molecule has 0 radical (unpaired) electrons. The quantitative estimate of drug-likeness (QED) is 0.556. The fourth-order valence-electron chi connectivity index (χ4n) is 4.63. The zero-order chi connectivity index (χ0) is 24.4. The normalized spacial score (nSPS) is 18.1. The first-order valence-corrected chi connectivity index (χ1v) is 12.0. The Hall–Kier alpha value is -2.83. The van der Waals surface area contributed by atoms with Crippen LogP contribution in [0.3, 0.4) is 0 Å². The number of rotatable bonds is 5. The lowest BCUT2D eigenvalue weighted by Crippen LogP contribution is -2.46. The van der Waals surface area contributed by atoms with Gasteiger partial charge in [-0.15, -0.1) is 0 Å². The van der Waals surface area contributed by atoms with E-state index in [1.807, 2.05) is 18.2 Å². The van der Waals surface area contributed by atoms with Gasteiger partial charge in [-0.1, -0.05) is 53.5 Å². The predicted molar refractivity (Wildman–Crippen MR) is 130 cm³/mol. The predicted octanol–water partition coefficient (Wildman–Crippen LogP) is 4.73. The summed E-state index contributed by atoms with van der Waals surface area (Å²) in [5.74, 6) is -1.42. The Labute approximate surface area is 209 Å². The van der Waals surface area contributed by atoms with Crippen molar-refractivity contribution in [3.63, 3.8) is 0 Å². The Morgan fingerprint density at radius 2 is 1.82 bits per heavy atom. The van der Waals surface area contributed by atoms with Gasteiger partial charge in [-0.25, -0.2) is 4.79 Å². The molecule has 8 heteroatoms. The first-order chi connectivity index (χ1) is 16.3. The molecule has 2 aromatic carbocycles. The second-order valence-electron chi connectivity index (χ2n) is 8.46. The Kier molecular flexibility index (Phi) is 7.29. The van der Waals surface area contributed by atoms with Crippen LogP contribution >= 0.6 is 23.2 Å². The summed E-state index contributed by atoms with van der Waals surface area (Å²) in [6.45, 7) is 4.60. The van der Waals surface area contributed by atoms with Crippen LogP contribution in [0, 0.1) is 0 Å². The SMILES string of the molecule is CCOC(=O)C1=C(C)N(CC(=O)N2CCc3ccccc3C2)C(=O)CC1c1ccc(Cl)c(Cl)c1. The molecule has 2 aliphatic rings. The van der Waals surface area contributed by atoms with Gasteiger partial charge in [0.2, 0.25) is 11.8 Å². The lowest BCUT2D eigenvalue weighted by molar-refractivity contribution is -0.142. The molecule has 178 valence electrons. The van der Waals surface area contributed by atoms with E-state index >= 15 is 0 Å². The molecule has 6 nitrogen and oxygen atoms in total. The fraction of sp³-hybridized carbons (Fsp3) is 0.346. The molecule has 2 amide bonds. The topological polar surface area (TPSA) is 66.9 Å². The van der Waals surface area contributed by atoms with Crippen LogP contribution in [0.25, 0.3) is 0 Å². The molecule has 0 saturated heterocycles. The molecule has 34 heavy (non-hydrogen) atoms. The maximum atomic E-state index is 13.2. The number of amides is 2. The zero-order valence-electron chi connectivity index (χ0n) is 19.1. The zero-order valence-corrected chi connectivity index (χ0v) is 20.7. The van der Waals surface area contributed by atoms with E-state index in [1.54, 1.807) is 36.9 Å². The van der Waals surface area contributed by atoms with Gasteiger partial charge in [0, 0.05) is 31.1 Å². The van der Waals surface area contributed by atoms with E-state index in [0.29, 0.717) is 40.0 Å². The van der Waals surface area contributed by atoms with Crippen LogP contribution in [0.5, 0.6) is 0 Å². The van der Waals surface area contributed by atoms with Crippen LogP contribution < -0.4 is 0 Å². The van der Waals surface area contributed by atoms with E-state index < -0.39 is 11.9 Å². The van der Waals surface area contributed by atoms with Gasteiger partial charge in [0.15, 0.2) is 0 Å². The summed E-state index contributed by atoms with van der Waals surface area (Å²) in [5, 5.41) is 0.733. The van der Waals surface area contributed by atoms with Crippen molar-refractivity contribution in [1.82, 2.24) is 9.80 Å². The van der Waals surface area contributed by atoms with Gasteiger partial charge in [0.05, 0.1) is 22.2 Å². The molecule has 0 saturated carbocycles. The highest BCUT2D eigenvalue weighted by Crippen LogP contribution is 2.39. The monoisotopic (exact) mass is 500 g/mol. The number of allylic oxidation sites excluding steroid dienone is 1. The number of hydrogen-bond donors (Lipinski definition) is 0. The third-order valence-electron chi connectivity index (χ3n) is 6.44. The molecule has 2 heterocycles. The average Bonchev–Trinajstić information content (AvgIpc) is 2.82. The molecule has 0 bridgehead atoms. The molecular formula is C26H26Cl2N2O4. The highest BCUT2D eigenvalue weighted by Gasteiger charge is 2.38. The van der Waals surface area contributed by atoms with E-state index in [9.17, 15) is 14.4 Å². The summed E-state index contributed by atoms with van der Waals surface area (Å²) in [6.07, 6.45) is 0.803. The molecule has 2 aliphatic heterocycles. The van der Waals surface area contributed by atoms with Crippen molar-refractivity contribution in [1.29, 1.82) is 0 Å². The van der Waals surface area contributed by atoms with E-state index in [2.05, 4.69) is 6.07 Å². The number of esters is 1. The van der Waals surface area contributed by atoms with E-state index in [1.165, 1.54) is 10.5 Å². The number of carbonyl (C=O) groups is 3. The first-order valence-electron chi connectivity index (χ1n) is 11.3. The minimum Gasteiger partial charge on any atom is -0.463 e. The number of fused-ring (bicyclic) bond motifs is 1. The number of hydrogen-bond acceptors (Lipinski definition) is 4. The maximum Gasteiger partial charge on any atom is 0.336 e. The third kappa shape index (κ3) is 4.84. The Morgan fingerprint density at radius 3 is 2.53 bits per heavy atom. The van der Waals surface area contributed by atoms with Crippen LogP contribution in [-0.2, 0) is 32.1 Å². The van der Waals surface area contributed by atoms with Crippen molar-refractivity contribution in [2.45, 2.75) is 39.2 Å². The van der Waals surface area contributed by atoms with Crippen LogP contribution in [0.2, 0.25) is 10.0 Å². The van der Waals surface area contributed by atoms with Crippen molar-refractivity contribution in [2.24, 2.45) is 0 Å². The van der Waals surface area contributed by atoms with Gasteiger partial charge in [-0.3, -0.25) is 9.59 Å². The third-order valence-corrected chi connectivity index (χ3v) is 7.18. The van der Waals surface area contributed by atoms with E-state index in [4.69, 9.17) is 27.9 Å². The molecule has 4 rings (SSSR count). The minimum absolute atomic E-state index is 0.0273. The molecule has 0 spiro atoms. The molecule has 0 aromatic heterocycles. The summed E-state index contributed by atoms with van der Waals surface area (Å²) >= 11 is 12.3. The van der Waals surface area contributed by atoms with Crippen molar-refractivity contribution in [3.05, 3.63) is 80.5 Å². The Morgan fingerprint density at radius 1 is 1.09 bits per heavy atom. The maximum absolute atomic E-state index is 13.2. The van der Waals surface area contributed by atoms with Gasteiger partial charge in [-0.05, 0) is 49.1 Å². The number of ether oxygens (including phenoxy) is 1. The Balaban J connectivity index is 1.62. The number of carbonyl (C=O) groups excluding carboxylic acids is 3. The van der Waals surface area contributed by atoms with Gasteiger partial charge >= 0.3 is 5.97 Å². The van der Waals surface area contributed by atoms with Gasteiger partial charge < -0.3 is 14.5 Å². The highest BCUT2D eigenvalue weighted by molar-refractivity contribution is 6.42. The standard InChI is InChI=1S/C26H26Cl2N2O4/c1-3-34-26(33)25-16(2)30(23(31)13-20(25)18-8-9-21(27)22(28)12-18)15-24(32)29-11-10-17-6-4-5-7-19(17)14-29/h4-9,12,20H,3,10-11,13-15H2,1-2H3. The summed E-state index contributed by atoms with van der Waals surface area (Å²) < 4.78 is 5.31. The van der Waals surface area contributed by atoms with Crippen molar-refractivity contribution >= 4 is 41.0 Å². The van der Waals surface area contributed by atoms with Crippen molar-refractivity contribution in [2.75, 3.05) is 19.7 Å². The molecule has 0 N–H and O–H groups in total. The van der Waals surface area contributed by atoms with E-state index in [-0.39, 0.29) is 31.4 Å². The van der Waals surface area contributed by atoms with Crippen LogP contribution in [0.15, 0.2) is 53.7 Å². The van der Waals surface area contributed by atoms with Crippen LogP contribution in [0.4, 0.5) is 0 Å². The summed E-state index contributed by atoms with van der Waals surface area (Å²) in [4.78, 5) is 42.5. The average molecular weight is 501 g/mol. The molecule has 0 aliphatic carbocycles. The molecule has 1 atom stereocenters. The van der Waals surface area contributed by atoms with Crippen LogP contribution in [-0.4, -0.2) is 47.3 Å². The second-order valence-corrected chi connectivity index (χ2v) is 9.28. The van der Waals surface area contributed by atoms with Crippen molar-refractivity contribution in [3.8, 4) is 0 Å². The van der Waals surface area contributed by atoms with E-state index in [0.717, 1.165) is 12.0 Å². The first kappa shape index (κ1) is 24.3. The number of nitrogens with zero attached hydrogens (tertiary/aromatic N) is 2. The molecular weight excluding hydrogens is 475 g/mol. The van der Waals surface area contributed by atoms with Crippen molar-refractivity contribution < 1.29 is 19.1 Å². The number of halogens is 2. The lowest BCUT2D eigenvalue weighted by Gasteiger charge is -2.36. The number of benzene rings is 2. The fourth-order valence-corrected chi connectivity index (χ4v) is 4.94. The highest BCUT2D eigenvalue weighted by atomic mass is 35.5.